The SMILES string of the molecule is CS(=O)(=O)c1cccc(-c2cccc3c2CN(C2CCC(=O)NC2=O)C3=O)c1. The monoisotopic (exact) mass is 398 g/mol. The molecule has 2 heterocycles. The summed E-state index contributed by atoms with van der Waals surface area (Å²) in [5.74, 6) is -1.05. The number of carbonyl (C=O) groups excluding carboxylic acids is 3. The minimum absolute atomic E-state index is 0.194. The highest BCUT2D eigenvalue weighted by molar-refractivity contribution is 7.90. The highest BCUT2D eigenvalue weighted by Crippen LogP contribution is 2.35. The Morgan fingerprint density at radius 1 is 1.04 bits per heavy atom. The molecule has 7 nitrogen and oxygen atoms in total. The van der Waals surface area contributed by atoms with E-state index in [1.807, 2.05) is 6.07 Å². The van der Waals surface area contributed by atoms with Crippen molar-refractivity contribution >= 4 is 27.6 Å². The van der Waals surface area contributed by atoms with Crippen molar-refractivity contribution < 1.29 is 22.8 Å². The second-order valence-corrected chi connectivity index (χ2v) is 9.05. The van der Waals surface area contributed by atoms with E-state index >= 15 is 0 Å². The molecule has 3 amide bonds. The number of amides is 3. The summed E-state index contributed by atoms with van der Waals surface area (Å²) in [6.07, 6.45) is 1.64. The molecule has 144 valence electrons. The van der Waals surface area contributed by atoms with Gasteiger partial charge in [0.25, 0.3) is 5.91 Å². The maximum Gasteiger partial charge on any atom is 0.255 e. The lowest BCUT2D eigenvalue weighted by atomic mass is 9.97. The van der Waals surface area contributed by atoms with Gasteiger partial charge in [-0.25, -0.2) is 8.42 Å². The molecule has 2 aromatic rings. The fourth-order valence-corrected chi connectivity index (χ4v) is 4.42. The Hall–Kier alpha value is -3.00. The molecule has 0 saturated carbocycles. The molecule has 0 radical (unpaired) electrons. The zero-order valence-corrected chi connectivity index (χ0v) is 16.0. The van der Waals surface area contributed by atoms with Crippen molar-refractivity contribution in [1.82, 2.24) is 10.2 Å². The molecule has 0 aromatic heterocycles. The lowest BCUT2D eigenvalue weighted by molar-refractivity contribution is -0.136. The van der Waals surface area contributed by atoms with Crippen molar-refractivity contribution in [3.63, 3.8) is 0 Å². The molecule has 1 fully saturated rings. The normalized spacial score (nSPS) is 19.5. The highest BCUT2D eigenvalue weighted by atomic mass is 32.2. The van der Waals surface area contributed by atoms with E-state index in [9.17, 15) is 22.8 Å². The van der Waals surface area contributed by atoms with Gasteiger partial charge in [0.1, 0.15) is 6.04 Å². The van der Waals surface area contributed by atoms with Crippen molar-refractivity contribution in [2.75, 3.05) is 6.26 Å². The van der Waals surface area contributed by atoms with Crippen molar-refractivity contribution in [3.05, 3.63) is 53.6 Å². The van der Waals surface area contributed by atoms with Gasteiger partial charge in [-0.15, -0.1) is 0 Å². The average molecular weight is 398 g/mol. The van der Waals surface area contributed by atoms with Crippen molar-refractivity contribution in [1.29, 1.82) is 0 Å². The van der Waals surface area contributed by atoms with Gasteiger partial charge in [-0.2, -0.15) is 0 Å². The fraction of sp³-hybridized carbons (Fsp3) is 0.250. The zero-order chi connectivity index (χ0) is 20.1. The van der Waals surface area contributed by atoms with E-state index in [0.29, 0.717) is 17.5 Å². The van der Waals surface area contributed by atoms with Gasteiger partial charge in [0, 0.05) is 24.8 Å². The van der Waals surface area contributed by atoms with Crippen LogP contribution in [0.1, 0.15) is 28.8 Å². The Morgan fingerprint density at radius 3 is 2.46 bits per heavy atom. The topological polar surface area (TPSA) is 101 Å². The summed E-state index contributed by atoms with van der Waals surface area (Å²) in [5, 5.41) is 2.29. The van der Waals surface area contributed by atoms with Crippen molar-refractivity contribution in [3.8, 4) is 11.1 Å². The Morgan fingerprint density at radius 2 is 1.75 bits per heavy atom. The molecule has 2 aromatic carbocycles. The number of imide groups is 1. The first-order valence-corrected chi connectivity index (χ1v) is 10.7. The largest absolute Gasteiger partial charge is 0.322 e. The lowest BCUT2D eigenvalue weighted by Gasteiger charge is -2.29. The van der Waals surface area contributed by atoms with Gasteiger partial charge in [0.2, 0.25) is 11.8 Å². The number of rotatable bonds is 3. The van der Waals surface area contributed by atoms with E-state index in [1.54, 1.807) is 30.3 Å². The Kier molecular flexibility index (Phi) is 4.30. The second-order valence-electron chi connectivity index (χ2n) is 7.03. The van der Waals surface area contributed by atoms with Crippen LogP contribution in [0.5, 0.6) is 0 Å². The molecule has 1 unspecified atom stereocenters. The molecule has 1 saturated heterocycles. The minimum atomic E-state index is -3.36. The van der Waals surface area contributed by atoms with Crippen LogP contribution in [0, 0.1) is 0 Å². The van der Waals surface area contributed by atoms with Gasteiger partial charge in [-0.1, -0.05) is 24.3 Å². The summed E-state index contributed by atoms with van der Waals surface area (Å²) in [5.41, 5.74) is 2.69. The first-order chi connectivity index (χ1) is 13.3. The van der Waals surface area contributed by atoms with Gasteiger partial charge in [-0.3, -0.25) is 19.7 Å². The van der Waals surface area contributed by atoms with Crippen LogP contribution in [-0.2, 0) is 26.0 Å². The number of carbonyl (C=O) groups is 3. The Balaban J connectivity index is 1.73. The zero-order valence-electron chi connectivity index (χ0n) is 15.1. The minimum Gasteiger partial charge on any atom is -0.322 e. The van der Waals surface area contributed by atoms with Crippen LogP contribution in [-0.4, -0.2) is 43.3 Å². The molecule has 0 spiro atoms. The maximum absolute atomic E-state index is 12.9. The van der Waals surface area contributed by atoms with Crippen LogP contribution in [0.3, 0.4) is 0 Å². The van der Waals surface area contributed by atoms with Crippen molar-refractivity contribution in [2.45, 2.75) is 30.3 Å². The quantitative estimate of drug-likeness (QED) is 0.790. The maximum atomic E-state index is 12.9. The van der Waals surface area contributed by atoms with Crippen LogP contribution in [0.4, 0.5) is 0 Å². The van der Waals surface area contributed by atoms with Gasteiger partial charge in [0.05, 0.1) is 4.90 Å². The van der Waals surface area contributed by atoms with Gasteiger partial charge in [0.15, 0.2) is 9.84 Å². The summed E-state index contributed by atoms with van der Waals surface area (Å²) in [6.45, 7) is 0.236. The molecule has 2 aliphatic heterocycles. The van der Waals surface area contributed by atoms with E-state index in [1.165, 1.54) is 11.0 Å². The predicted molar refractivity (Wildman–Crippen MR) is 101 cm³/mol. The van der Waals surface area contributed by atoms with Crippen molar-refractivity contribution in [2.24, 2.45) is 0 Å². The number of nitrogens with zero attached hydrogens (tertiary/aromatic N) is 1. The van der Waals surface area contributed by atoms with Crippen LogP contribution in [0.2, 0.25) is 0 Å². The molecule has 0 aliphatic carbocycles. The van der Waals surface area contributed by atoms with E-state index in [0.717, 1.165) is 17.4 Å². The van der Waals surface area contributed by atoms with E-state index in [4.69, 9.17) is 0 Å². The molecule has 8 heteroatoms. The van der Waals surface area contributed by atoms with Crippen LogP contribution >= 0.6 is 0 Å². The number of hydrogen-bond donors (Lipinski definition) is 1. The lowest BCUT2D eigenvalue weighted by Crippen LogP contribution is -2.52. The Labute approximate surface area is 162 Å². The molecular formula is C20H18N2O5S. The first-order valence-electron chi connectivity index (χ1n) is 8.83. The molecule has 4 rings (SSSR count). The number of nitrogens with one attached hydrogen (secondary N) is 1. The number of sulfone groups is 1. The highest BCUT2D eigenvalue weighted by Gasteiger charge is 2.39. The third-order valence-corrected chi connectivity index (χ3v) is 6.27. The van der Waals surface area contributed by atoms with Crippen LogP contribution < -0.4 is 5.32 Å². The molecule has 1 N–H and O–H groups in total. The second kappa shape index (κ2) is 6.56. The molecular weight excluding hydrogens is 380 g/mol. The summed E-state index contributed by atoms with van der Waals surface area (Å²) < 4.78 is 23.8. The molecule has 1 atom stereocenters. The smallest absolute Gasteiger partial charge is 0.255 e. The van der Waals surface area contributed by atoms with Gasteiger partial charge < -0.3 is 4.90 Å². The van der Waals surface area contributed by atoms with Crippen LogP contribution in [0.15, 0.2) is 47.4 Å². The first kappa shape index (κ1) is 18.4. The van der Waals surface area contributed by atoms with E-state index in [2.05, 4.69) is 5.32 Å². The van der Waals surface area contributed by atoms with E-state index in [-0.39, 0.29) is 29.7 Å². The molecule has 2 aliphatic rings. The number of benzene rings is 2. The van der Waals surface area contributed by atoms with Gasteiger partial charge in [-0.05, 0) is 41.3 Å². The fourth-order valence-electron chi connectivity index (χ4n) is 3.75. The summed E-state index contributed by atoms with van der Waals surface area (Å²) in [4.78, 5) is 38.2. The van der Waals surface area contributed by atoms with Gasteiger partial charge >= 0.3 is 0 Å². The average Bonchev–Trinajstić information content (AvgIpc) is 2.98. The van der Waals surface area contributed by atoms with Crippen LogP contribution in [0.25, 0.3) is 11.1 Å². The summed E-state index contributed by atoms with van der Waals surface area (Å²) in [6, 6.07) is 11.2. The molecule has 0 bridgehead atoms. The standard InChI is InChI=1S/C20H18N2O5S/c1-28(26,27)13-5-2-4-12(10-13)14-6-3-7-15-16(14)11-22(20(15)25)17-8-9-18(23)21-19(17)24/h2-7,10,17H,8-9,11H2,1H3,(H,21,23,24). The van der Waals surface area contributed by atoms with E-state index < -0.39 is 21.8 Å². The molecule has 28 heavy (non-hydrogen) atoms. The number of fused-ring (bicyclic) bond motifs is 1. The third-order valence-electron chi connectivity index (χ3n) is 5.16. The summed E-state index contributed by atoms with van der Waals surface area (Å²) >= 11 is 0. The predicted octanol–water partition coefficient (Wildman–Crippen LogP) is 1.52. The number of piperidine rings is 1. The third kappa shape index (κ3) is 3.09. The summed E-state index contributed by atoms with van der Waals surface area (Å²) in [7, 11) is -3.36. The Bertz CT molecular complexity index is 1120. The number of hydrogen-bond acceptors (Lipinski definition) is 5.